The number of nitrogens with one attached hydrogen (secondary N) is 2. The van der Waals surface area contributed by atoms with E-state index in [1.54, 1.807) is 55.4 Å². The number of carbonyl (C=O) groups excluding carboxylic acids is 3. The van der Waals surface area contributed by atoms with Crippen molar-refractivity contribution < 1.29 is 19.1 Å². The van der Waals surface area contributed by atoms with Gasteiger partial charge in [0.2, 0.25) is 5.78 Å². The highest BCUT2D eigenvalue weighted by molar-refractivity contribution is 6.39. The lowest BCUT2D eigenvalue weighted by atomic mass is 10.1. The van der Waals surface area contributed by atoms with Crippen LogP contribution in [0.2, 0.25) is 0 Å². The van der Waals surface area contributed by atoms with Gasteiger partial charge in [-0.2, -0.15) is 0 Å². The summed E-state index contributed by atoms with van der Waals surface area (Å²) < 4.78 is 6.73. The fourth-order valence-electron chi connectivity index (χ4n) is 2.80. The third kappa shape index (κ3) is 5.11. The Bertz CT molecular complexity index is 1040. The number of anilines is 1. The van der Waals surface area contributed by atoms with Crippen LogP contribution < -0.4 is 15.4 Å². The molecule has 0 saturated carbocycles. The number of aromatic nitrogens is 2. The van der Waals surface area contributed by atoms with Gasteiger partial charge in [0.05, 0.1) is 7.11 Å². The molecule has 2 aromatic carbocycles. The topological polar surface area (TPSA) is 102 Å². The molecule has 0 radical (unpaired) electrons. The van der Waals surface area contributed by atoms with Crippen molar-refractivity contribution in [1.29, 1.82) is 0 Å². The van der Waals surface area contributed by atoms with E-state index < -0.39 is 11.8 Å². The maximum Gasteiger partial charge on any atom is 0.313 e. The predicted octanol–water partition coefficient (Wildman–Crippen LogP) is 1.96. The summed E-state index contributed by atoms with van der Waals surface area (Å²) in [6.07, 6.45) is 3.83. The van der Waals surface area contributed by atoms with Gasteiger partial charge in [-0.25, -0.2) is 4.98 Å². The highest BCUT2D eigenvalue weighted by Gasteiger charge is 2.15. The van der Waals surface area contributed by atoms with Crippen LogP contribution in [-0.4, -0.2) is 40.8 Å². The molecule has 0 bridgehead atoms. The third-order valence-electron chi connectivity index (χ3n) is 4.49. The van der Waals surface area contributed by atoms with Gasteiger partial charge in [0.1, 0.15) is 5.75 Å². The molecule has 0 unspecified atom stereocenters. The minimum atomic E-state index is -0.770. The lowest BCUT2D eigenvalue weighted by molar-refractivity contribution is -0.136. The molecule has 0 aliphatic rings. The van der Waals surface area contributed by atoms with Gasteiger partial charge in [0.15, 0.2) is 5.82 Å². The van der Waals surface area contributed by atoms with Crippen LogP contribution in [-0.2, 0) is 23.1 Å². The maximum absolute atomic E-state index is 12.4. The van der Waals surface area contributed by atoms with Gasteiger partial charge < -0.3 is 19.9 Å². The van der Waals surface area contributed by atoms with Crippen molar-refractivity contribution in [1.82, 2.24) is 14.9 Å². The van der Waals surface area contributed by atoms with Crippen molar-refractivity contribution >= 4 is 23.3 Å². The molecule has 154 valence electrons. The van der Waals surface area contributed by atoms with Crippen molar-refractivity contribution in [3.63, 3.8) is 0 Å². The standard InChI is InChI=1S/C22H22N4O4/c1-26-14-13-23-20(26)19(27)16-5-7-17(8-6-16)25-22(29)21(28)24-12-11-15-3-9-18(30-2)10-4-15/h3-10,13-14H,11-12H2,1-2H3,(H,24,28)(H,25,29). The lowest BCUT2D eigenvalue weighted by Crippen LogP contribution is -2.36. The van der Waals surface area contributed by atoms with Gasteiger partial charge in [-0.3, -0.25) is 14.4 Å². The average molecular weight is 406 g/mol. The van der Waals surface area contributed by atoms with Crippen LogP contribution in [0.1, 0.15) is 21.7 Å². The number of aryl methyl sites for hydroxylation is 1. The molecule has 0 aliphatic heterocycles. The van der Waals surface area contributed by atoms with E-state index in [1.807, 2.05) is 24.3 Å². The van der Waals surface area contributed by atoms with E-state index in [9.17, 15) is 14.4 Å². The number of benzene rings is 2. The number of amides is 2. The number of hydrogen-bond donors (Lipinski definition) is 2. The Balaban J connectivity index is 1.49. The Morgan fingerprint density at radius 1 is 1.00 bits per heavy atom. The summed E-state index contributed by atoms with van der Waals surface area (Å²) in [4.78, 5) is 40.5. The van der Waals surface area contributed by atoms with Crippen LogP contribution in [0.25, 0.3) is 0 Å². The highest BCUT2D eigenvalue weighted by atomic mass is 16.5. The SMILES string of the molecule is COc1ccc(CCNC(=O)C(=O)Nc2ccc(C(=O)c3nccn3C)cc2)cc1. The predicted molar refractivity (Wildman–Crippen MR) is 111 cm³/mol. The van der Waals surface area contributed by atoms with Crippen LogP contribution in [0.15, 0.2) is 60.9 Å². The van der Waals surface area contributed by atoms with Crippen molar-refractivity contribution in [2.75, 3.05) is 19.0 Å². The van der Waals surface area contributed by atoms with E-state index in [0.29, 0.717) is 30.0 Å². The molecule has 3 rings (SSSR count). The first-order valence-electron chi connectivity index (χ1n) is 9.32. The van der Waals surface area contributed by atoms with E-state index in [2.05, 4.69) is 15.6 Å². The first kappa shape index (κ1) is 20.8. The number of rotatable bonds is 7. The smallest absolute Gasteiger partial charge is 0.313 e. The number of imidazole rings is 1. The van der Waals surface area contributed by atoms with Gasteiger partial charge in [-0.1, -0.05) is 12.1 Å². The van der Waals surface area contributed by atoms with Gasteiger partial charge >= 0.3 is 11.8 Å². The fourth-order valence-corrected chi connectivity index (χ4v) is 2.80. The van der Waals surface area contributed by atoms with Crippen molar-refractivity contribution in [2.45, 2.75) is 6.42 Å². The molecule has 0 aliphatic carbocycles. The summed E-state index contributed by atoms with van der Waals surface area (Å²) in [6, 6.07) is 13.8. The Labute approximate surface area is 173 Å². The van der Waals surface area contributed by atoms with E-state index in [-0.39, 0.29) is 5.78 Å². The molecular formula is C22H22N4O4. The first-order valence-corrected chi connectivity index (χ1v) is 9.32. The molecule has 0 fully saturated rings. The number of ether oxygens (including phenoxy) is 1. The molecule has 1 aromatic heterocycles. The summed E-state index contributed by atoms with van der Waals surface area (Å²) in [5, 5.41) is 5.10. The van der Waals surface area contributed by atoms with Crippen LogP contribution in [0.4, 0.5) is 5.69 Å². The van der Waals surface area contributed by atoms with Crippen LogP contribution in [0.5, 0.6) is 5.75 Å². The molecule has 2 amide bonds. The number of methoxy groups -OCH3 is 1. The Kier molecular flexibility index (Phi) is 6.59. The molecule has 8 nitrogen and oxygen atoms in total. The van der Waals surface area contributed by atoms with Gasteiger partial charge in [0.25, 0.3) is 0 Å². The molecule has 30 heavy (non-hydrogen) atoms. The average Bonchev–Trinajstić information content (AvgIpc) is 3.20. The zero-order valence-electron chi connectivity index (χ0n) is 16.7. The second-order valence-electron chi connectivity index (χ2n) is 6.58. The van der Waals surface area contributed by atoms with E-state index in [4.69, 9.17) is 4.74 Å². The summed E-state index contributed by atoms with van der Waals surface area (Å²) in [5.41, 5.74) is 1.87. The first-order chi connectivity index (χ1) is 14.5. The molecule has 0 atom stereocenters. The molecule has 8 heteroatoms. The Morgan fingerprint density at radius 3 is 2.30 bits per heavy atom. The van der Waals surface area contributed by atoms with Gasteiger partial charge in [-0.15, -0.1) is 0 Å². The van der Waals surface area contributed by atoms with Crippen LogP contribution in [0, 0.1) is 0 Å². The van der Waals surface area contributed by atoms with E-state index >= 15 is 0 Å². The Hall–Kier alpha value is -3.94. The lowest BCUT2D eigenvalue weighted by Gasteiger charge is -2.08. The van der Waals surface area contributed by atoms with Gasteiger partial charge in [0, 0.05) is 37.2 Å². The minimum absolute atomic E-state index is 0.225. The largest absolute Gasteiger partial charge is 0.497 e. The second kappa shape index (κ2) is 9.51. The zero-order valence-corrected chi connectivity index (χ0v) is 16.7. The summed E-state index contributed by atoms with van der Waals surface area (Å²) in [6.45, 7) is 0.329. The van der Waals surface area contributed by atoms with E-state index in [1.165, 1.54) is 0 Å². The zero-order chi connectivity index (χ0) is 21.5. The number of nitrogens with zero attached hydrogens (tertiary/aromatic N) is 2. The molecule has 3 aromatic rings. The summed E-state index contributed by atoms with van der Waals surface area (Å²) >= 11 is 0. The maximum atomic E-state index is 12.4. The quantitative estimate of drug-likeness (QED) is 0.461. The van der Waals surface area contributed by atoms with Crippen molar-refractivity contribution in [2.24, 2.45) is 7.05 Å². The van der Waals surface area contributed by atoms with Crippen molar-refractivity contribution in [3.8, 4) is 5.75 Å². The normalized spacial score (nSPS) is 10.3. The van der Waals surface area contributed by atoms with Crippen LogP contribution in [0.3, 0.4) is 0 Å². The number of hydrogen-bond acceptors (Lipinski definition) is 5. The van der Waals surface area contributed by atoms with Crippen molar-refractivity contribution in [3.05, 3.63) is 77.9 Å². The molecule has 0 saturated heterocycles. The summed E-state index contributed by atoms with van der Waals surface area (Å²) in [5.74, 6) is -0.640. The Morgan fingerprint density at radius 2 is 1.70 bits per heavy atom. The number of carbonyl (C=O) groups is 3. The third-order valence-corrected chi connectivity index (χ3v) is 4.49. The second-order valence-corrected chi connectivity index (χ2v) is 6.58. The highest BCUT2D eigenvalue weighted by Crippen LogP contribution is 2.13. The molecule has 0 spiro atoms. The van der Waals surface area contributed by atoms with E-state index in [0.717, 1.165) is 11.3 Å². The number of ketones is 1. The van der Waals surface area contributed by atoms with Gasteiger partial charge in [-0.05, 0) is 48.4 Å². The molecule has 1 heterocycles. The minimum Gasteiger partial charge on any atom is -0.497 e. The monoisotopic (exact) mass is 406 g/mol. The fraction of sp³-hybridized carbons (Fsp3) is 0.182. The van der Waals surface area contributed by atoms with Crippen LogP contribution >= 0.6 is 0 Å². The molecule has 2 N–H and O–H groups in total. The summed E-state index contributed by atoms with van der Waals surface area (Å²) in [7, 11) is 3.34. The molecular weight excluding hydrogens is 384 g/mol.